The van der Waals surface area contributed by atoms with E-state index >= 15 is 0 Å². The van der Waals surface area contributed by atoms with Gasteiger partial charge in [-0.25, -0.2) is 0 Å². The molecule has 0 N–H and O–H groups in total. The molecule has 1 unspecified atom stereocenters. The second kappa shape index (κ2) is 3.69. The Balaban J connectivity index is 2.39. The lowest BCUT2D eigenvalue weighted by molar-refractivity contribution is -0.141. The highest BCUT2D eigenvalue weighted by Crippen LogP contribution is 2.03. The predicted molar refractivity (Wildman–Crippen MR) is 39.0 cm³/mol. The fraction of sp³-hybridized carbons (Fsp3) is 0.857. The second-order valence-electron chi connectivity index (χ2n) is 2.52. The predicted octanol–water partition coefficient (Wildman–Crippen LogP) is -0.162. The van der Waals surface area contributed by atoms with Crippen LogP contribution in [0.5, 0.6) is 0 Å². The first-order chi connectivity index (χ1) is 5.25. The molecule has 1 saturated heterocycles. The van der Waals surface area contributed by atoms with Crippen LogP contribution in [0.3, 0.4) is 0 Å². The van der Waals surface area contributed by atoms with Crippen molar-refractivity contribution in [3.63, 3.8) is 0 Å². The van der Waals surface area contributed by atoms with Crippen molar-refractivity contribution in [1.82, 2.24) is 4.90 Å². The largest absolute Gasteiger partial charge is 0.372 e. The average Bonchev–Trinajstić information content (AvgIpc) is 2.53. The quantitative estimate of drug-likeness (QED) is 0.562. The normalized spacial score (nSPS) is 20.4. The number of carbonyl (C=O) groups excluding carboxylic acids is 1. The van der Waals surface area contributed by atoms with Crippen molar-refractivity contribution in [1.29, 1.82) is 0 Å². The summed E-state index contributed by atoms with van der Waals surface area (Å²) in [6.07, 6.45) is -0.350. The van der Waals surface area contributed by atoms with Gasteiger partial charge in [-0.15, -0.1) is 0 Å². The van der Waals surface area contributed by atoms with E-state index in [4.69, 9.17) is 9.47 Å². The van der Waals surface area contributed by atoms with Crippen LogP contribution in [0.2, 0.25) is 0 Å². The van der Waals surface area contributed by atoms with Gasteiger partial charge in [-0.1, -0.05) is 0 Å². The third-order valence-corrected chi connectivity index (χ3v) is 1.77. The summed E-state index contributed by atoms with van der Waals surface area (Å²) in [7, 11) is 1.53. The molecule has 1 fully saturated rings. The Kier molecular flexibility index (Phi) is 2.84. The second-order valence-corrected chi connectivity index (χ2v) is 2.52. The van der Waals surface area contributed by atoms with Crippen LogP contribution in [0.15, 0.2) is 0 Å². The third-order valence-electron chi connectivity index (χ3n) is 1.77. The summed E-state index contributed by atoms with van der Waals surface area (Å²) in [5.41, 5.74) is 0. The molecule has 0 aromatic heterocycles. The first-order valence-electron chi connectivity index (χ1n) is 3.65. The van der Waals surface area contributed by atoms with Crippen molar-refractivity contribution < 1.29 is 14.3 Å². The van der Waals surface area contributed by atoms with Gasteiger partial charge in [-0.05, 0) is 6.92 Å². The van der Waals surface area contributed by atoms with Crippen molar-refractivity contribution in [2.75, 3.05) is 27.0 Å². The molecule has 1 rings (SSSR count). The molecule has 0 aliphatic carbocycles. The van der Waals surface area contributed by atoms with E-state index in [1.165, 1.54) is 7.11 Å². The summed E-state index contributed by atoms with van der Waals surface area (Å²) in [5.74, 6) is 0.00463. The Morgan fingerprint density at radius 3 is 2.91 bits per heavy atom. The van der Waals surface area contributed by atoms with Crippen LogP contribution in [0.1, 0.15) is 6.92 Å². The molecule has 4 nitrogen and oxygen atoms in total. The van der Waals surface area contributed by atoms with Gasteiger partial charge in [0.2, 0.25) is 0 Å². The molecule has 0 spiro atoms. The number of hydrogen-bond donors (Lipinski definition) is 0. The summed E-state index contributed by atoms with van der Waals surface area (Å²) in [5, 5.41) is 0. The Bertz CT molecular complexity index is 143. The Morgan fingerprint density at radius 1 is 1.73 bits per heavy atom. The van der Waals surface area contributed by atoms with E-state index in [1.54, 1.807) is 11.8 Å². The van der Waals surface area contributed by atoms with Crippen LogP contribution in [0.4, 0.5) is 0 Å². The van der Waals surface area contributed by atoms with Crippen molar-refractivity contribution in [2.45, 2.75) is 13.0 Å². The van der Waals surface area contributed by atoms with Crippen LogP contribution >= 0.6 is 0 Å². The topological polar surface area (TPSA) is 38.8 Å². The number of amides is 1. The van der Waals surface area contributed by atoms with Gasteiger partial charge in [0.05, 0.1) is 6.61 Å². The Morgan fingerprint density at radius 2 is 2.45 bits per heavy atom. The molecule has 4 heteroatoms. The lowest BCUT2D eigenvalue weighted by Gasteiger charge is -2.17. The van der Waals surface area contributed by atoms with Gasteiger partial charge in [0.25, 0.3) is 5.91 Å². The zero-order valence-electron chi connectivity index (χ0n) is 6.87. The first kappa shape index (κ1) is 8.49. The summed E-state index contributed by atoms with van der Waals surface area (Å²) in [6, 6.07) is 0. The molecule has 0 saturated carbocycles. The van der Waals surface area contributed by atoms with Crippen molar-refractivity contribution in [2.24, 2.45) is 0 Å². The molecule has 1 heterocycles. The van der Waals surface area contributed by atoms with Crippen LogP contribution in [0, 0.1) is 0 Å². The minimum absolute atomic E-state index is 0.00463. The monoisotopic (exact) mass is 159 g/mol. The third kappa shape index (κ3) is 1.91. The molecule has 0 bridgehead atoms. The molecular formula is C7H13NO3. The molecular weight excluding hydrogens is 146 g/mol. The minimum atomic E-state index is -0.350. The fourth-order valence-electron chi connectivity index (χ4n) is 0.946. The van der Waals surface area contributed by atoms with Crippen LogP contribution in [-0.2, 0) is 14.3 Å². The summed E-state index contributed by atoms with van der Waals surface area (Å²) in [4.78, 5) is 12.9. The van der Waals surface area contributed by atoms with E-state index in [-0.39, 0.29) is 12.0 Å². The van der Waals surface area contributed by atoms with Crippen molar-refractivity contribution in [3.8, 4) is 0 Å². The molecule has 11 heavy (non-hydrogen) atoms. The fourth-order valence-corrected chi connectivity index (χ4v) is 0.946. The number of ether oxygens (including phenoxy) is 2. The van der Waals surface area contributed by atoms with Crippen LogP contribution < -0.4 is 0 Å². The van der Waals surface area contributed by atoms with Gasteiger partial charge in [0, 0.05) is 13.7 Å². The maximum absolute atomic E-state index is 11.3. The number of carbonyl (C=O) groups is 1. The van der Waals surface area contributed by atoms with E-state index in [0.717, 1.165) is 0 Å². The maximum atomic E-state index is 11.3. The molecule has 0 radical (unpaired) electrons. The number of nitrogens with zero attached hydrogens (tertiary/aromatic N) is 1. The highest BCUT2D eigenvalue weighted by molar-refractivity contribution is 5.80. The molecule has 0 aromatic rings. The zero-order chi connectivity index (χ0) is 8.27. The van der Waals surface area contributed by atoms with E-state index < -0.39 is 0 Å². The molecule has 1 aliphatic rings. The van der Waals surface area contributed by atoms with E-state index in [0.29, 0.717) is 19.9 Å². The van der Waals surface area contributed by atoms with E-state index in [9.17, 15) is 4.79 Å². The molecule has 1 amide bonds. The van der Waals surface area contributed by atoms with Gasteiger partial charge in [-0.2, -0.15) is 0 Å². The van der Waals surface area contributed by atoms with Crippen molar-refractivity contribution in [3.05, 3.63) is 0 Å². The zero-order valence-corrected chi connectivity index (χ0v) is 6.87. The number of methoxy groups -OCH3 is 1. The van der Waals surface area contributed by atoms with Gasteiger partial charge >= 0.3 is 0 Å². The van der Waals surface area contributed by atoms with Gasteiger partial charge in [0.1, 0.15) is 12.8 Å². The standard InChI is InChI=1S/C7H13NO3/c1-6(10-2)7(9)8-3-4-11-5-8/h6H,3-5H2,1-2H3. The van der Waals surface area contributed by atoms with Crippen molar-refractivity contribution >= 4 is 5.91 Å². The lowest BCUT2D eigenvalue weighted by Crippen LogP contribution is -2.36. The highest BCUT2D eigenvalue weighted by atomic mass is 16.5. The lowest BCUT2D eigenvalue weighted by atomic mass is 10.3. The molecule has 64 valence electrons. The minimum Gasteiger partial charge on any atom is -0.372 e. The maximum Gasteiger partial charge on any atom is 0.253 e. The van der Waals surface area contributed by atoms with Gasteiger partial charge in [-0.3, -0.25) is 4.79 Å². The average molecular weight is 159 g/mol. The SMILES string of the molecule is COC(C)C(=O)N1CCOC1. The van der Waals surface area contributed by atoms with Crippen LogP contribution in [0.25, 0.3) is 0 Å². The summed E-state index contributed by atoms with van der Waals surface area (Å²) >= 11 is 0. The van der Waals surface area contributed by atoms with Gasteiger partial charge in [0.15, 0.2) is 0 Å². The van der Waals surface area contributed by atoms with E-state index in [1.807, 2.05) is 0 Å². The number of hydrogen-bond acceptors (Lipinski definition) is 3. The molecule has 0 aromatic carbocycles. The summed E-state index contributed by atoms with van der Waals surface area (Å²) in [6.45, 7) is 3.47. The van der Waals surface area contributed by atoms with Gasteiger partial charge < -0.3 is 14.4 Å². The Hall–Kier alpha value is -0.610. The van der Waals surface area contributed by atoms with E-state index in [2.05, 4.69) is 0 Å². The smallest absolute Gasteiger partial charge is 0.253 e. The highest BCUT2D eigenvalue weighted by Gasteiger charge is 2.22. The Labute approximate surface area is 66.1 Å². The van der Waals surface area contributed by atoms with Crippen LogP contribution in [-0.4, -0.2) is 43.9 Å². The molecule has 1 aliphatic heterocycles. The molecule has 1 atom stereocenters. The number of rotatable bonds is 2. The first-order valence-corrected chi connectivity index (χ1v) is 3.65. The summed E-state index contributed by atoms with van der Waals surface area (Å²) < 4.78 is 9.90.